The maximum atomic E-state index is 4.94. The molecule has 0 fully saturated rings. The van der Waals surface area contributed by atoms with Crippen molar-refractivity contribution in [2.75, 3.05) is 7.05 Å². The van der Waals surface area contributed by atoms with Gasteiger partial charge >= 0.3 is 0 Å². The van der Waals surface area contributed by atoms with Gasteiger partial charge in [-0.25, -0.2) is 30.0 Å². The van der Waals surface area contributed by atoms with E-state index in [2.05, 4.69) is 223 Å². The second kappa shape index (κ2) is 31.5. The number of fused-ring (bicyclic) bond motifs is 6. The second-order valence-corrected chi connectivity index (χ2v) is 24.8. The molecule has 0 unspecified atom stereocenters. The fourth-order valence-corrected chi connectivity index (χ4v) is 11.6. The Morgan fingerprint density at radius 1 is 0.216 bits per heavy atom. The van der Waals surface area contributed by atoms with Crippen molar-refractivity contribution < 1.29 is 0 Å². The van der Waals surface area contributed by atoms with E-state index < -0.39 is 0 Å². The minimum absolute atomic E-state index is 0.937. The molecule has 5 aliphatic carbocycles. The van der Waals surface area contributed by atoms with Crippen molar-refractivity contribution in [3.63, 3.8) is 0 Å². The van der Waals surface area contributed by atoms with Crippen LogP contribution in [0.2, 0.25) is 0 Å². The molecule has 0 spiro atoms. The number of aryl methyl sites for hydroxylation is 6. The molecule has 7 heteroatoms. The van der Waals surface area contributed by atoms with Gasteiger partial charge in [-0.1, -0.05) is 191 Å². The predicted octanol–water partition coefficient (Wildman–Crippen LogP) is 23.6. The van der Waals surface area contributed by atoms with Crippen molar-refractivity contribution in [2.24, 2.45) is 34.9 Å². The first kappa shape index (κ1) is 66.8. The predicted molar refractivity (Wildman–Crippen MR) is 416 cm³/mol. The molecule has 5 aliphatic rings. The summed E-state index contributed by atoms with van der Waals surface area (Å²) in [5, 5.41) is 0. The van der Waals surface area contributed by atoms with Crippen molar-refractivity contribution in [1.29, 1.82) is 0 Å². The molecule has 0 heterocycles. The highest BCUT2D eigenvalue weighted by Crippen LogP contribution is 2.40. The third-order valence-corrected chi connectivity index (χ3v) is 16.8. The Hall–Kier alpha value is -11.7. The molecular weight excluding hydrogens is 1180 g/mol. The maximum absolute atomic E-state index is 4.94. The van der Waals surface area contributed by atoms with Crippen LogP contribution in [0.1, 0.15) is 83.3 Å². The highest BCUT2D eigenvalue weighted by molar-refractivity contribution is 6.27. The lowest BCUT2D eigenvalue weighted by Crippen LogP contribution is -2.10. The van der Waals surface area contributed by atoms with Crippen LogP contribution in [-0.4, -0.2) is 47.0 Å². The molecule has 10 aromatic carbocycles. The fraction of sp³-hybridized carbons (Fsp3) is 0.122. The van der Waals surface area contributed by atoms with E-state index in [0.717, 1.165) is 85.3 Å². The number of rotatable bonds is 6. The molecule has 0 aliphatic heterocycles. The molecule has 97 heavy (non-hydrogen) atoms. The lowest BCUT2D eigenvalue weighted by Gasteiger charge is -2.13. The van der Waals surface area contributed by atoms with Gasteiger partial charge in [0.2, 0.25) is 0 Å². The first-order chi connectivity index (χ1) is 47.1. The number of benzene rings is 10. The molecule has 7 nitrogen and oxygen atoms in total. The average Bonchev–Trinajstić information content (AvgIpc) is 1.62. The number of hydrogen-bond donors (Lipinski definition) is 0. The quantitative estimate of drug-likeness (QED) is 0.149. The molecule has 476 valence electrons. The van der Waals surface area contributed by atoms with Crippen LogP contribution in [0.4, 0.5) is 34.1 Å². The zero-order valence-electron chi connectivity index (χ0n) is 57.3. The highest BCUT2D eigenvalue weighted by atomic mass is 14.8. The van der Waals surface area contributed by atoms with E-state index in [4.69, 9.17) is 15.0 Å². The molecule has 10 aromatic rings. The van der Waals surface area contributed by atoms with Gasteiger partial charge in [-0.05, 0) is 247 Å². The van der Waals surface area contributed by atoms with E-state index in [-0.39, 0.29) is 0 Å². The largest absolute Gasteiger partial charge is 0.287 e. The Morgan fingerprint density at radius 3 is 0.794 bits per heavy atom. The highest BCUT2D eigenvalue weighted by Gasteiger charge is 2.26. The van der Waals surface area contributed by atoms with Crippen molar-refractivity contribution >= 4 is 74.1 Å². The van der Waals surface area contributed by atoms with E-state index in [1.807, 2.05) is 165 Å². The number of aliphatic imine (C=N–C) groups is 7. The Balaban J connectivity index is 0.000000124. The van der Waals surface area contributed by atoms with Gasteiger partial charge in [0.1, 0.15) is 0 Å². The molecule has 0 N–H and O–H groups in total. The van der Waals surface area contributed by atoms with E-state index in [1.165, 1.54) is 89.0 Å². The van der Waals surface area contributed by atoms with E-state index >= 15 is 0 Å². The van der Waals surface area contributed by atoms with Gasteiger partial charge in [0.05, 0.1) is 74.1 Å². The molecule has 0 bridgehead atoms. The summed E-state index contributed by atoms with van der Waals surface area (Å²) in [5.41, 5.74) is 35.6. The van der Waals surface area contributed by atoms with Gasteiger partial charge in [-0.2, -0.15) is 0 Å². The molecule has 0 aromatic heterocycles. The number of para-hydroxylation sites is 4. The van der Waals surface area contributed by atoms with E-state index in [1.54, 1.807) is 0 Å². The van der Waals surface area contributed by atoms with Crippen LogP contribution >= 0.6 is 0 Å². The number of allylic oxidation sites excluding steroid dienone is 12. The average molecular weight is 1260 g/mol. The molecular formula is C90H81N7. The molecule has 0 saturated carbocycles. The fourth-order valence-electron chi connectivity index (χ4n) is 11.6. The monoisotopic (exact) mass is 1260 g/mol. The minimum atomic E-state index is 0.937. The minimum Gasteiger partial charge on any atom is -0.287 e. The summed E-state index contributed by atoms with van der Waals surface area (Å²) in [4.78, 5) is 32.6. The van der Waals surface area contributed by atoms with Crippen LogP contribution in [0.25, 0.3) is 22.3 Å². The van der Waals surface area contributed by atoms with Gasteiger partial charge in [0.15, 0.2) is 0 Å². The van der Waals surface area contributed by atoms with Crippen molar-refractivity contribution in [3.8, 4) is 22.3 Å². The van der Waals surface area contributed by atoms with Gasteiger partial charge in [0.25, 0.3) is 0 Å². The first-order valence-electron chi connectivity index (χ1n) is 33.0. The summed E-state index contributed by atoms with van der Waals surface area (Å²) in [6.07, 6.45) is 16.4. The summed E-state index contributed by atoms with van der Waals surface area (Å²) in [7, 11) is 1.87. The zero-order valence-corrected chi connectivity index (χ0v) is 57.3. The van der Waals surface area contributed by atoms with Crippen LogP contribution in [0.5, 0.6) is 0 Å². The summed E-state index contributed by atoms with van der Waals surface area (Å²) in [6.45, 7) is 21.0. The van der Waals surface area contributed by atoms with Crippen LogP contribution in [0.15, 0.2) is 349 Å². The smallest absolute Gasteiger partial charge is 0.0794 e. The van der Waals surface area contributed by atoms with E-state index in [9.17, 15) is 0 Å². The molecule has 0 radical (unpaired) electrons. The van der Waals surface area contributed by atoms with Crippen molar-refractivity contribution in [3.05, 3.63) is 369 Å². The summed E-state index contributed by atoms with van der Waals surface area (Å²) in [5.74, 6) is 0. The second-order valence-electron chi connectivity index (χ2n) is 24.8. The van der Waals surface area contributed by atoms with E-state index in [0.29, 0.717) is 0 Å². The molecule has 0 amide bonds. The van der Waals surface area contributed by atoms with Crippen LogP contribution in [-0.2, 0) is 0 Å². The Kier molecular flexibility index (Phi) is 21.7. The SMILES string of the molecule is CC1=CC(=Nc2ccccc2)C(C)=CC1=Nc1ccccc1.CC1=CC=C(C)C1=Nc1ccccc1.CN=C1c2cc(C)ccc2-c2ccc(C)cc21.Cc1ccc(N=C2C=CC(=Nc3ccc(C)cc3)C=C2)cc1.Cc1ccc2c(c1)C(=Nc1ccccc1)c1cc(C)ccc1-2. The topological polar surface area (TPSA) is 86.5 Å². The third kappa shape index (κ3) is 17.4. The van der Waals surface area contributed by atoms with Crippen molar-refractivity contribution in [1.82, 2.24) is 0 Å². The van der Waals surface area contributed by atoms with Crippen LogP contribution in [0, 0.1) is 41.5 Å². The lowest BCUT2D eigenvalue weighted by atomic mass is 9.97. The zero-order chi connectivity index (χ0) is 67.8. The van der Waals surface area contributed by atoms with Crippen molar-refractivity contribution in [2.45, 2.75) is 69.2 Å². The summed E-state index contributed by atoms with van der Waals surface area (Å²) < 4.78 is 0. The van der Waals surface area contributed by atoms with Gasteiger partial charge < -0.3 is 0 Å². The summed E-state index contributed by atoms with van der Waals surface area (Å²) >= 11 is 0. The summed E-state index contributed by atoms with van der Waals surface area (Å²) in [6, 6.07) is 83.1. The molecule has 15 rings (SSSR count). The molecule has 0 saturated heterocycles. The first-order valence-corrected chi connectivity index (χ1v) is 33.0. The standard InChI is InChI=1S/C21H17N.2C20H18N2.C16H15N.C13H13N/c1-14-8-10-17-18-11-9-15(2)13-20(18)21(19(17)12-14)22-16-6-4-3-5-7-16;1-15-3-7-17(8-4-15)21-19-11-13-20(14-12-19)22-18-9-5-16(2)6-10-18;1-15-13-20(22-18-11-7-4-8-12-18)16(2)14-19(15)21-17-9-5-3-6-10-17;1-10-4-6-12-13-7-5-11(2)9-15(13)16(17-3)14(12)8-10;1-10-8-9-11(2)13(10)14-12-6-4-3-5-7-12/h3-13H,1-2H3;2*3-14H,1-2H3;4-9H,1-3H3;3-9H,1-2H3. The maximum Gasteiger partial charge on any atom is 0.0794 e. The lowest BCUT2D eigenvalue weighted by molar-refractivity contribution is 1.41. The Morgan fingerprint density at radius 2 is 0.485 bits per heavy atom. The van der Waals surface area contributed by atoms with Gasteiger partial charge in [0, 0.05) is 29.3 Å². The van der Waals surface area contributed by atoms with Crippen LogP contribution < -0.4 is 0 Å². The Bertz CT molecular complexity index is 4670. The number of hydrogen-bond acceptors (Lipinski definition) is 7. The van der Waals surface area contributed by atoms with Crippen LogP contribution in [0.3, 0.4) is 0 Å². The van der Waals surface area contributed by atoms with Gasteiger partial charge in [-0.15, -0.1) is 0 Å². The molecule has 0 atom stereocenters. The number of nitrogens with zero attached hydrogens (tertiary/aromatic N) is 7. The normalized spacial score (nSPS) is 14.2. The third-order valence-electron chi connectivity index (χ3n) is 16.8. The van der Waals surface area contributed by atoms with Gasteiger partial charge in [-0.3, -0.25) is 4.99 Å². The Labute approximate surface area is 573 Å².